The summed E-state index contributed by atoms with van der Waals surface area (Å²) in [6.45, 7) is 14.5. The van der Waals surface area contributed by atoms with Gasteiger partial charge in [-0.15, -0.1) is 0 Å². The Hall–Kier alpha value is -1.14. The highest BCUT2D eigenvalue weighted by atomic mass is 28.4. The zero-order chi connectivity index (χ0) is 19.0. The molecule has 0 radical (unpaired) electrons. The second-order valence-corrected chi connectivity index (χ2v) is 14.0. The van der Waals surface area contributed by atoms with E-state index in [4.69, 9.17) is 18.3 Å². The molecule has 144 valence electrons. The molecular formula is C21H32O4Si. The van der Waals surface area contributed by atoms with E-state index in [2.05, 4.69) is 53.7 Å². The summed E-state index contributed by atoms with van der Waals surface area (Å²) in [5, 5.41) is -0.108. The van der Waals surface area contributed by atoms with Crippen molar-refractivity contribution >= 4 is 8.56 Å². The van der Waals surface area contributed by atoms with Crippen LogP contribution in [0.5, 0.6) is 0 Å². The van der Waals surface area contributed by atoms with Crippen LogP contribution in [0.3, 0.4) is 0 Å². The van der Waals surface area contributed by atoms with E-state index in [0.717, 1.165) is 5.56 Å². The van der Waals surface area contributed by atoms with Crippen molar-refractivity contribution in [2.24, 2.45) is 0 Å². The highest BCUT2D eigenvalue weighted by Gasteiger charge is 2.63. The minimum atomic E-state index is -2.54. The molecule has 2 aliphatic heterocycles. The smallest absolute Gasteiger partial charge is 0.349 e. The molecule has 4 nitrogen and oxygen atoms in total. The van der Waals surface area contributed by atoms with E-state index in [9.17, 15) is 0 Å². The van der Waals surface area contributed by atoms with Crippen LogP contribution in [0.25, 0.3) is 0 Å². The highest BCUT2D eigenvalue weighted by molar-refractivity contribution is 6.73. The van der Waals surface area contributed by atoms with Crippen LogP contribution in [0.15, 0.2) is 42.7 Å². The Labute approximate surface area is 158 Å². The normalized spacial score (nSPS) is 28.3. The van der Waals surface area contributed by atoms with Crippen LogP contribution in [-0.2, 0) is 24.9 Å². The van der Waals surface area contributed by atoms with Gasteiger partial charge in [-0.2, -0.15) is 0 Å². The lowest BCUT2D eigenvalue weighted by Gasteiger charge is -2.55. The van der Waals surface area contributed by atoms with Crippen LogP contribution >= 0.6 is 0 Å². The molecule has 1 saturated heterocycles. The minimum absolute atomic E-state index is 0.0542. The summed E-state index contributed by atoms with van der Waals surface area (Å²) in [6, 6.07) is 10.2. The average Bonchev–Trinajstić information content (AvgIpc) is 2.58. The molecule has 0 N–H and O–H groups in total. The van der Waals surface area contributed by atoms with Gasteiger partial charge in [-0.3, -0.25) is 0 Å². The molecule has 0 spiro atoms. The molecule has 0 aromatic heterocycles. The van der Waals surface area contributed by atoms with E-state index < -0.39 is 8.56 Å². The summed E-state index contributed by atoms with van der Waals surface area (Å²) in [5.74, 6) is 0. The predicted molar refractivity (Wildman–Crippen MR) is 105 cm³/mol. The molecule has 0 bridgehead atoms. The SMILES string of the molecule is CC(C)(C)[Si]1(C(C)(C)C)OC[C@H]2OC=C[C@@H](OCc3ccccc3)[C@@H]2O1. The Morgan fingerprint density at radius 1 is 1.04 bits per heavy atom. The van der Waals surface area contributed by atoms with Crippen molar-refractivity contribution in [2.45, 2.75) is 76.5 Å². The topological polar surface area (TPSA) is 36.9 Å². The molecule has 3 rings (SSSR count). The molecule has 1 aromatic carbocycles. The fraction of sp³-hybridized carbons (Fsp3) is 0.619. The molecule has 5 heteroatoms. The first-order chi connectivity index (χ1) is 12.1. The molecule has 0 amide bonds. The third-order valence-corrected chi connectivity index (χ3v) is 10.4. The van der Waals surface area contributed by atoms with Crippen molar-refractivity contribution in [2.75, 3.05) is 6.61 Å². The third kappa shape index (κ3) is 3.63. The number of fused-ring (bicyclic) bond motifs is 1. The van der Waals surface area contributed by atoms with E-state index >= 15 is 0 Å². The van der Waals surface area contributed by atoms with Gasteiger partial charge < -0.3 is 18.3 Å². The van der Waals surface area contributed by atoms with Crippen molar-refractivity contribution in [3.05, 3.63) is 48.2 Å². The predicted octanol–water partition coefficient (Wildman–Crippen LogP) is 4.94. The van der Waals surface area contributed by atoms with Gasteiger partial charge in [0.15, 0.2) is 0 Å². The molecule has 0 unspecified atom stereocenters. The van der Waals surface area contributed by atoms with Crippen molar-refractivity contribution in [1.29, 1.82) is 0 Å². The minimum Gasteiger partial charge on any atom is -0.493 e. The fourth-order valence-electron chi connectivity index (χ4n) is 4.15. The van der Waals surface area contributed by atoms with Crippen LogP contribution in [0.4, 0.5) is 0 Å². The first kappa shape index (κ1) is 19.6. The summed E-state index contributed by atoms with van der Waals surface area (Å²) in [5.41, 5.74) is 1.16. The van der Waals surface area contributed by atoms with Gasteiger partial charge >= 0.3 is 8.56 Å². The molecule has 26 heavy (non-hydrogen) atoms. The standard InChI is InChI=1S/C21H32O4Si/c1-20(2,3)26(21(4,5)6)24-15-18-19(25-26)17(12-13-22-18)23-14-16-10-8-7-9-11-16/h7-13,17-19H,14-15H2,1-6H3/t17-,18-,19+/m1/s1. The highest BCUT2D eigenvalue weighted by Crippen LogP contribution is 2.54. The Bertz CT molecular complexity index is 616. The monoisotopic (exact) mass is 376 g/mol. The Balaban J connectivity index is 1.81. The van der Waals surface area contributed by atoms with Gasteiger partial charge in [-0.1, -0.05) is 71.9 Å². The molecule has 1 aromatic rings. The molecule has 2 heterocycles. The largest absolute Gasteiger partial charge is 0.493 e. The quantitative estimate of drug-likeness (QED) is 0.700. The zero-order valence-corrected chi connectivity index (χ0v) is 17.8. The Morgan fingerprint density at radius 3 is 2.31 bits per heavy atom. The Kier molecular flexibility index (Phi) is 5.37. The molecule has 0 aliphatic carbocycles. The Morgan fingerprint density at radius 2 is 1.69 bits per heavy atom. The van der Waals surface area contributed by atoms with Crippen LogP contribution < -0.4 is 0 Å². The third-order valence-electron chi connectivity index (χ3n) is 5.22. The maximum absolute atomic E-state index is 6.82. The van der Waals surface area contributed by atoms with Gasteiger partial charge in [0.05, 0.1) is 19.5 Å². The van der Waals surface area contributed by atoms with Gasteiger partial charge in [0.1, 0.15) is 18.3 Å². The van der Waals surface area contributed by atoms with Crippen LogP contribution in [0, 0.1) is 0 Å². The van der Waals surface area contributed by atoms with Crippen LogP contribution in [-0.4, -0.2) is 33.5 Å². The summed E-state index contributed by atoms with van der Waals surface area (Å²) in [6.07, 6.45) is 3.31. The van der Waals surface area contributed by atoms with E-state index in [0.29, 0.717) is 13.2 Å². The van der Waals surface area contributed by atoms with Crippen molar-refractivity contribution in [3.63, 3.8) is 0 Å². The fourth-order valence-corrected chi connectivity index (χ4v) is 9.11. The van der Waals surface area contributed by atoms with Gasteiger partial charge in [-0.25, -0.2) is 0 Å². The van der Waals surface area contributed by atoms with Gasteiger partial charge in [-0.05, 0) is 11.6 Å². The first-order valence-electron chi connectivity index (χ1n) is 9.43. The summed E-state index contributed by atoms with van der Waals surface area (Å²) in [7, 11) is -2.54. The lowest BCUT2D eigenvalue weighted by molar-refractivity contribution is -0.139. The summed E-state index contributed by atoms with van der Waals surface area (Å²) in [4.78, 5) is 0. The second kappa shape index (κ2) is 7.11. The van der Waals surface area contributed by atoms with Crippen molar-refractivity contribution in [1.82, 2.24) is 0 Å². The van der Waals surface area contributed by atoms with Crippen molar-refractivity contribution in [3.8, 4) is 0 Å². The van der Waals surface area contributed by atoms with Gasteiger partial charge in [0, 0.05) is 10.1 Å². The number of benzene rings is 1. The van der Waals surface area contributed by atoms with E-state index in [-0.39, 0.29) is 28.4 Å². The van der Waals surface area contributed by atoms with E-state index in [1.807, 2.05) is 24.3 Å². The van der Waals surface area contributed by atoms with E-state index in [1.165, 1.54) is 0 Å². The number of hydrogen-bond donors (Lipinski definition) is 0. The van der Waals surface area contributed by atoms with Gasteiger partial charge in [0.25, 0.3) is 0 Å². The average molecular weight is 377 g/mol. The van der Waals surface area contributed by atoms with Crippen LogP contribution in [0.1, 0.15) is 47.1 Å². The molecule has 1 fully saturated rings. The van der Waals surface area contributed by atoms with Crippen molar-refractivity contribution < 1.29 is 18.3 Å². The summed E-state index contributed by atoms with van der Waals surface area (Å²) >= 11 is 0. The number of ether oxygens (including phenoxy) is 2. The lowest BCUT2D eigenvalue weighted by Crippen LogP contribution is -2.67. The first-order valence-corrected chi connectivity index (χ1v) is 11.3. The molecule has 2 aliphatic rings. The molecule has 3 atom stereocenters. The van der Waals surface area contributed by atoms with Crippen LogP contribution in [0.2, 0.25) is 10.1 Å². The maximum atomic E-state index is 6.82. The second-order valence-electron chi connectivity index (χ2n) is 9.27. The zero-order valence-electron chi connectivity index (χ0n) is 16.8. The lowest BCUT2D eigenvalue weighted by atomic mass is 10.1. The van der Waals surface area contributed by atoms with E-state index in [1.54, 1.807) is 6.26 Å². The molecule has 0 saturated carbocycles. The number of hydrogen-bond acceptors (Lipinski definition) is 4. The molecular weight excluding hydrogens is 344 g/mol. The van der Waals surface area contributed by atoms with Gasteiger partial charge in [0.2, 0.25) is 0 Å². The maximum Gasteiger partial charge on any atom is 0.349 e. The number of rotatable bonds is 3. The summed E-state index contributed by atoms with van der Waals surface area (Å²) < 4.78 is 25.3.